The molecule has 5 heteroatoms. The van der Waals surface area contributed by atoms with Crippen LogP contribution in [-0.4, -0.2) is 32.4 Å². The molecule has 1 aromatic carbocycles. The molecule has 0 bridgehead atoms. The molecule has 2 rings (SSSR count). The van der Waals surface area contributed by atoms with Crippen molar-refractivity contribution in [1.29, 1.82) is 0 Å². The van der Waals surface area contributed by atoms with Gasteiger partial charge < -0.3 is 19.9 Å². The van der Waals surface area contributed by atoms with Gasteiger partial charge in [0.2, 0.25) is 0 Å². The van der Waals surface area contributed by atoms with Crippen molar-refractivity contribution in [2.45, 2.75) is 18.9 Å². The predicted octanol–water partition coefficient (Wildman–Crippen LogP) is 1.88. The van der Waals surface area contributed by atoms with Crippen LogP contribution in [0.4, 0.5) is 4.39 Å². The van der Waals surface area contributed by atoms with E-state index in [0.29, 0.717) is 18.0 Å². The third-order valence-electron chi connectivity index (χ3n) is 3.60. The van der Waals surface area contributed by atoms with E-state index in [2.05, 4.69) is 5.32 Å². The van der Waals surface area contributed by atoms with Crippen molar-refractivity contribution in [1.82, 2.24) is 5.32 Å². The lowest BCUT2D eigenvalue weighted by atomic mass is 9.89. The van der Waals surface area contributed by atoms with E-state index in [0.717, 1.165) is 19.4 Å². The van der Waals surface area contributed by atoms with Crippen molar-refractivity contribution in [3.05, 3.63) is 23.5 Å². The SMILES string of the molecule is COc1cc(F)c(C(O)C2CCCNC2)cc1OC. The first-order valence-electron chi connectivity index (χ1n) is 6.47. The Morgan fingerprint density at radius 1 is 1.32 bits per heavy atom. The number of ether oxygens (including phenoxy) is 2. The van der Waals surface area contributed by atoms with Crippen LogP contribution in [0.1, 0.15) is 24.5 Å². The highest BCUT2D eigenvalue weighted by Gasteiger charge is 2.26. The standard InChI is InChI=1S/C14H20FNO3/c1-18-12-6-10(11(15)7-13(12)19-2)14(17)9-4-3-5-16-8-9/h6-7,9,14,16-17H,3-5,8H2,1-2H3. The second-order valence-corrected chi connectivity index (χ2v) is 4.78. The number of rotatable bonds is 4. The molecule has 1 aromatic rings. The van der Waals surface area contributed by atoms with Crippen molar-refractivity contribution in [3.63, 3.8) is 0 Å². The van der Waals surface area contributed by atoms with Gasteiger partial charge in [-0.05, 0) is 25.5 Å². The normalized spacial score (nSPS) is 20.9. The molecule has 0 spiro atoms. The highest BCUT2D eigenvalue weighted by molar-refractivity contribution is 5.44. The minimum absolute atomic E-state index is 0.0290. The Balaban J connectivity index is 2.27. The third-order valence-corrected chi connectivity index (χ3v) is 3.60. The summed E-state index contributed by atoms with van der Waals surface area (Å²) < 4.78 is 24.2. The van der Waals surface area contributed by atoms with E-state index in [9.17, 15) is 9.50 Å². The van der Waals surface area contributed by atoms with Gasteiger partial charge in [-0.1, -0.05) is 0 Å². The number of nitrogens with one attached hydrogen (secondary N) is 1. The Bertz CT molecular complexity index is 433. The second-order valence-electron chi connectivity index (χ2n) is 4.78. The summed E-state index contributed by atoms with van der Waals surface area (Å²) in [7, 11) is 2.95. The Kier molecular flexibility index (Phi) is 4.61. The maximum Gasteiger partial charge on any atom is 0.163 e. The van der Waals surface area contributed by atoms with Gasteiger partial charge in [-0.15, -0.1) is 0 Å². The summed E-state index contributed by atoms with van der Waals surface area (Å²) in [6.07, 6.45) is 1.06. The number of halogens is 1. The fourth-order valence-electron chi connectivity index (χ4n) is 2.50. The average Bonchev–Trinajstić information content (AvgIpc) is 2.47. The number of benzene rings is 1. The summed E-state index contributed by atoms with van der Waals surface area (Å²) in [5.74, 6) is 0.330. The van der Waals surface area contributed by atoms with Gasteiger partial charge >= 0.3 is 0 Å². The highest BCUT2D eigenvalue weighted by Crippen LogP contribution is 2.36. The van der Waals surface area contributed by atoms with Crippen molar-refractivity contribution < 1.29 is 19.0 Å². The maximum atomic E-state index is 14.0. The zero-order valence-corrected chi connectivity index (χ0v) is 11.3. The van der Waals surface area contributed by atoms with Gasteiger partial charge in [-0.2, -0.15) is 0 Å². The van der Waals surface area contributed by atoms with Gasteiger partial charge in [0.1, 0.15) is 5.82 Å². The number of piperidine rings is 1. The van der Waals surface area contributed by atoms with Gasteiger partial charge in [-0.3, -0.25) is 0 Å². The van der Waals surface area contributed by atoms with E-state index in [4.69, 9.17) is 9.47 Å². The predicted molar refractivity (Wildman–Crippen MR) is 70.1 cm³/mol. The molecule has 1 aliphatic rings. The van der Waals surface area contributed by atoms with Crippen LogP contribution in [0.5, 0.6) is 11.5 Å². The first-order valence-corrected chi connectivity index (χ1v) is 6.47. The lowest BCUT2D eigenvalue weighted by molar-refractivity contribution is 0.0885. The molecule has 106 valence electrons. The number of methoxy groups -OCH3 is 2. The largest absolute Gasteiger partial charge is 0.493 e. The van der Waals surface area contributed by atoms with E-state index in [1.165, 1.54) is 26.4 Å². The van der Waals surface area contributed by atoms with E-state index in [-0.39, 0.29) is 11.5 Å². The van der Waals surface area contributed by atoms with Gasteiger partial charge in [0.15, 0.2) is 11.5 Å². The molecule has 2 atom stereocenters. The first-order chi connectivity index (χ1) is 9.17. The summed E-state index contributed by atoms with van der Waals surface area (Å²) in [5.41, 5.74) is 0.270. The van der Waals surface area contributed by atoms with E-state index >= 15 is 0 Å². The smallest absolute Gasteiger partial charge is 0.163 e. The summed E-state index contributed by atoms with van der Waals surface area (Å²) in [6, 6.07) is 2.78. The van der Waals surface area contributed by atoms with E-state index < -0.39 is 11.9 Å². The molecular weight excluding hydrogens is 249 g/mol. The van der Waals surface area contributed by atoms with E-state index in [1.807, 2.05) is 0 Å². The molecule has 0 radical (unpaired) electrons. The minimum atomic E-state index is -0.826. The van der Waals surface area contributed by atoms with Crippen molar-refractivity contribution in [2.24, 2.45) is 5.92 Å². The van der Waals surface area contributed by atoms with Crippen molar-refractivity contribution in [2.75, 3.05) is 27.3 Å². The van der Waals surface area contributed by atoms with Crippen LogP contribution in [-0.2, 0) is 0 Å². The average molecular weight is 269 g/mol. The van der Waals surface area contributed by atoms with Crippen LogP contribution in [0.15, 0.2) is 12.1 Å². The van der Waals surface area contributed by atoms with Crippen LogP contribution in [0.3, 0.4) is 0 Å². The lowest BCUT2D eigenvalue weighted by Gasteiger charge is -2.28. The molecule has 1 saturated heterocycles. The quantitative estimate of drug-likeness (QED) is 0.876. The maximum absolute atomic E-state index is 14.0. The van der Waals surface area contributed by atoms with Gasteiger partial charge in [0, 0.05) is 24.1 Å². The summed E-state index contributed by atoms with van der Waals surface area (Å²) in [6.45, 7) is 1.66. The van der Waals surface area contributed by atoms with Crippen LogP contribution in [0, 0.1) is 11.7 Å². The number of aliphatic hydroxyl groups excluding tert-OH is 1. The van der Waals surface area contributed by atoms with Crippen LogP contribution in [0.25, 0.3) is 0 Å². The Morgan fingerprint density at radius 3 is 2.58 bits per heavy atom. The minimum Gasteiger partial charge on any atom is -0.493 e. The van der Waals surface area contributed by atoms with E-state index in [1.54, 1.807) is 0 Å². The van der Waals surface area contributed by atoms with Crippen molar-refractivity contribution in [3.8, 4) is 11.5 Å². The summed E-state index contributed by atoms with van der Waals surface area (Å²) >= 11 is 0. The first kappa shape index (κ1) is 14.1. The summed E-state index contributed by atoms with van der Waals surface area (Å²) in [5, 5.41) is 13.6. The molecule has 0 amide bonds. The molecule has 0 aliphatic carbocycles. The monoisotopic (exact) mass is 269 g/mol. The molecule has 2 unspecified atom stereocenters. The zero-order valence-electron chi connectivity index (χ0n) is 11.3. The van der Waals surface area contributed by atoms with Crippen LogP contribution in [0.2, 0.25) is 0 Å². The topological polar surface area (TPSA) is 50.7 Å². The summed E-state index contributed by atoms with van der Waals surface area (Å²) in [4.78, 5) is 0. The molecular formula is C14H20FNO3. The Morgan fingerprint density at radius 2 is 2.00 bits per heavy atom. The fraction of sp³-hybridized carbons (Fsp3) is 0.571. The number of hydrogen-bond acceptors (Lipinski definition) is 4. The van der Waals surface area contributed by atoms with Crippen LogP contribution >= 0.6 is 0 Å². The Labute approximate surface area is 112 Å². The van der Waals surface area contributed by atoms with Crippen molar-refractivity contribution >= 4 is 0 Å². The molecule has 0 saturated carbocycles. The van der Waals surface area contributed by atoms with Gasteiger partial charge in [0.25, 0.3) is 0 Å². The van der Waals surface area contributed by atoms with Gasteiger partial charge in [-0.25, -0.2) is 4.39 Å². The third kappa shape index (κ3) is 2.98. The molecule has 0 aromatic heterocycles. The highest BCUT2D eigenvalue weighted by atomic mass is 19.1. The molecule has 1 fully saturated rings. The second kappa shape index (κ2) is 6.21. The van der Waals surface area contributed by atoms with Crippen LogP contribution < -0.4 is 14.8 Å². The molecule has 1 aliphatic heterocycles. The van der Waals surface area contributed by atoms with Gasteiger partial charge in [0.05, 0.1) is 20.3 Å². The lowest BCUT2D eigenvalue weighted by Crippen LogP contribution is -2.33. The fourth-order valence-corrected chi connectivity index (χ4v) is 2.50. The number of aliphatic hydroxyl groups is 1. The number of hydrogen-bond donors (Lipinski definition) is 2. The molecule has 2 N–H and O–H groups in total. The molecule has 4 nitrogen and oxygen atoms in total. The molecule has 1 heterocycles. The Hall–Kier alpha value is -1.33. The molecule has 19 heavy (non-hydrogen) atoms. The zero-order chi connectivity index (χ0) is 13.8.